The quantitative estimate of drug-likeness (QED) is 0.583. The van der Waals surface area contributed by atoms with Gasteiger partial charge >= 0.3 is 0 Å². The normalized spacial score (nSPS) is 15.8. The monoisotopic (exact) mass is 409 g/mol. The van der Waals surface area contributed by atoms with Crippen LogP contribution in [0.25, 0.3) is 0 Å². The Morgan fingerprint density at radius 2 is 1.83 bits per heavy atom. The summed E-state index contributed by atoms with van der Waals surface area (Å²) in [4.78, 5) is 38.4. The van der Waals surface area contributed by atoms with Gasteiger partial charge in [0.25, 0.3) is 5.91 Å². The van der Waals surface area contributed by atoms with Crippen molar-refractivity contribution in [3.8, 4) is 5.75 Å². The second-order valence-corrected chi connectivity index (χ2v) is 7.38. The minimum atomic E-state index is -0.370. The Morgan fingerprint density at radius 1 is 1.10 bits per heavy atom. The van der Waals surface area contributed by atoms with E-state index in [4.69, 9.17) is 0 Å². The fraction of sp³-hybridized carbons (Fsp3) is 0.348. The minimum absolute atomic E-state index is 0.0383. The highest BCUT2D eigenvalue weighted by atomic mass is 16.3. The number of nitrogens with zero attached hydrogens (tertiary/aromatic N) is 1. The molecule has 0 radical (unpaired) electrons. The predicted molar refractivity (Wildman–Crippen MR) is 114 cm³/mol. The highest BCUT2D eigenvalue weighted by molar-refractivity contribution is 6.00. The molecule has 3 amide bonds. The smallest absolute Gasteiger partial charge is 0.251 e. The molecule has 0 aliphatic carbocycles. The van der Waals surface area contributed by atoms with Crippen LogP contribution in [0.3, 0.4) is 0 Å². The summed E-state index contributed by atoms with van der Waals surface area (Å²) in [6.07, 6.45) is 1.71. The second kappa shape index (κ2) is 9.91. The van der Waals surface area contributed by atoms with Gasteiger partial charge in [0.05, 0.1) is 5.92 Å². The molecule has 2 aromatic rings. The lowest BCUT2D eigenvalue weighted by Crippen LogP contribution is -2.35. The maximum absolute atomic E-state index is 12.4. The summed E-state index contributed by atoms with van der Waals surface area (Å²) in [5.41, 5.74) is 2.41. The van der Waals surface area contributed by atoms with Gasteiger partial charge in [0.1, 0.15) is 5.75 Å². The van der Waals surface area contributed by atoms with Gasteiger partial charge in [-0.25, -0.2) is 0 Å². The molecule has 0 bridgehead atoms. The van der Waals surface area contributed by atoms with Gasteiger partial charge in [0.15, 0.2) is 0 Å². The molecule has 1 aliphatic rings. The standard InChI is InChI=1S/C23H27N3O4/c1-2-16-7-9-19(10-8-16)26-15-18(14-21(26)28)23(30)25-12-4-11-24-22(29)17-5-3-6-20(27)13-17/h3,5-10,13,18,27H,2,4,11-12,14-15H2,1H3,(H,24,29)(H,25,30). The lowest BCUT2D eigenvalue weighted by atomic mass is 10.1. The highest BCUT2D eigenvalue weighted by Gasteiger charge is 2.34. The van der Waals surface area contributed by atoms with E-state index in [0.717, 1.165) is 12.1 Å². The Bertz CT molecular complexity index is 911. The Hall–Kier alpha value is -3.35. The molecular formula is C23H27N3O4. The number of carbonyl (C=O) groups is 3. The summed E-state index contributed by atoms with van der Waals surface area (Å²) >= 11 is 0. The van der Waals surface area contributed by atoms with Crippen molar-refractivity contribution in [3.63, 3.8) is 0 Å². The van der Waals surface area contributed by atoms with Crippen LogP contribution in [0.1, 0.15) is 35.7 Å². The summed E-state index contributed by atoms with van der Waals surface area (Å²) in [7, 11) is 0. The van der Waals surface area contributed by atoms with Crippen LogP contribution in [-0.2, 0) is 16.0 Å². The van der Waals surface area contributed by atoms with Gasteiger partial charge in [0.2, 0.25) is 11.8 Å². The molecule has 7 nitrogen and oxygen atoms in total. The summed E-state index contributed by atoms with van der Waals surface area (Å²) in [6, 6.07) is 14.0. The van der Waals surface area contributed by atoms with Gasteiger partial charge in [-0.15, -0.1) is 0 Å². The van der Waals surface area contributed by atoms with E-state index in [1.165, 1.54) is 17.7 Å². The number of nitrogens with one attached hydrogen (secondary N) is 2. The number of hydrogen-bond donors (Lipinski definition) is 3. The van der Waals surface area contributed by atoms with Crippen molar-refractivity contribution in [1.82, 2.24) is 10.6 Å². The average molecular weight is 409 g/mol. The number of aryl methyl sites for hydroxylation is 1. The number of carbonyl (C=O) groups excluding carboxylic acids is 3. The second-order valence-electron chi connectivity index (χ2n) is 7.38. The van der Waals surface area contributed by atoms with Gasteiger partial charge in [-0.3, -0.25) is 14.4 Å². The maximum Gasteiger partial charge on any atom is 0.251 e. The average Bonchev–Trinajstić information content (AvgIpc) is 3.15. The molecule has 1 fully saturated rings. The molecule has 1 unspecified atom stereocenters. The number of phenols is 1. The summed E-state index contributed by atoms with van der Waals surface area (Å²) in [5.74, 6) is -0.793. The van der Waals surface area contributed by atoms with Gasteiger partial charge in [-0.05, 0) is 48.7 Å². The number of rotatable bonds is 8. The van der Waals surface area contributed by atoms with E-state index < -0.39 is 0 Å². The van der Waals surface area contributed by atoms with Crippen molar-refractivity contribution in [3.05, 3.63) is 59.7 Å². The minimum Gasteiger partial charge on any atom is -0.508 e. The molecule has 158 valence electrons. The van der Waals surface area contributed by atoms with E-state index in [0.29, 0.717) is 31.6 Å². The SMILES string of the molecule is CCc1ccc(N2CC(C(=O)NCCCNC(=O)c3cccc(O)c3)CC2=O)cc1. The van der Waals surface area contributed by atoms with Gasteiger partial charge < -0.3 is 20.6 Å². The zero-order valence-electron chi connectivity index (χ0n) is 17.1. The number of benzene rings is 2. The molecule has 30 heavy (non-hydrogen) atoms. The first kappa shape index (κ1) is 21.4. The van der Waals surface area contributed by atoms with E-state index in [2.05, 4.69) is 17.6 Å². The van der Waals surface area contributed by atoms with E-state index in [-0.39, 0.29) is 35.8 Å². The van der Waals surface area contributed by atoms with Crippen molar-refractivity contribution in [1.29, 1.82) is 0 Å². The Balaban J connectivity index is 1.40. The molecule has 1 aliphatic heterocycles. The zero-order chi connectivity index (χ0) is 21.5. The molecule has 0 saturated carbocycles. The van der Waals surface area contributed by atoms with Crippen LogP contribution in [0.4, 0.5) is 5.69 Å². The van der Waals surface area contributed by atoms with Gasteiger partial charge in [-0.1, -0.05) is 25.1 Å². The van der Waals surface area contributed by atoms with E-state index >= 15 is 0 Å². The molecule has 3 rings (SSSR count). The molecule has 1 saturated heterocycles. The molecule has 1 heterocycles. The molecular weight excluding hydrogens is 382 g/mol. The third kappa shape index (κ3) is 5.37. The van der Waals surface area contributed by atoms with Crippen molar-refractivity contribution in [2.75, 3.05) is 24.5 Å². The number of phenolic OH excluding ortho intramolecular Hbond substituents is 1. The first-order chi connectivity index (χ1) is 14.5. The first-order valence-electron chi connectivity index (χ1n) is 10.2. The maximum atomic E-state index is 12.4. The number of aromatic hydroxyl groups is 1. The van der Waals surface area contributed by atoms with Crippen molar-refractivity contribution >= 4 is 23.4 Å². The van der Waals surface area contributed by atoms with Crippen molar-refractivity contribution in [2.24, 2.45) is 5.92 Å². The largest absolute Gasteiger partial charge is 0.508 e. The van der Waals surface area contributed by atoms with Crippen LogP contribution in [0, 0.1) is 5.92 Å². The molecule has 3 N–H and O–H groups in total. The first-order valence-corrected chi connectivity index (χ1v) is 10.2. The summed E-state index contributed by atoms with van der Waals surface area (Å²) in [5, 5.41) is 15.0. The van der Waals surface area contributed by atoms with E-state index in [1.54, 1.807) is 17.0 Å². The van der Waals surface area contributed by atoms with Crippen LogP contribution >= 0.6 is 0 Å². The third-order valence-corrected chi connectivity index (χ3v) is 5.20. The molecule has 0 spiro atoms. The lowest BCUT2D eigenvalue weighted by Gasteiger charge is -2.17. The number of amides is 3. The zero-order valence-corrected chi connectivity index (χ0v) is 17.1. The third-order valence-electron chi connectivity index (χ3n) is 5.20. The summed E-state index contributed by atoms with van der Waals surface area (Å²) < 4.78 is 0. The fourth-order valence-corrected chi connectivity index (χ4v) is 3.44. The van der Waals surface area contributed by atoms with Crippen LogP contribution in [0.2, 0.25) is 0 Å². The van der Waals surface area contributed by atoms with Crippen LogP contribution in [0.15, 0.2) is 48.5 Å². The fourth-order valence-electron chi connectivity index (χ4n) is 3.44. The predicted octanol–water partition coefficient (Wildman–Crippen LogP) is 2.24. The van der Waals surface area contributed by atoms with Crippen LogP contribution in [-0.4, -0.2) is 42.5 Å². The molecule has 1 atom stereocenters. The topological polar surface area (TPSA) is 98.7 Å². The number of anilines is 1. The van der Waals surface area contributed by atoms with E-state index in [1.807, 2.05) is 24.3 Å². The summed E-state index contributed by atoms with van der Waals surface area (Å²) in [6.45, 7) is 3.27. The van der Waals surface area contributed by atoms with Crippen molar-refractivity contribution in [2.45, 2.75) is 26.2 Å². The Morgan fingerprint density at radius 3 is 2.53 bits per heavy atom. The molecule has 7 heteroatoms. The van der Waals surface area contributed by atoms with Gasteiger partial charge in [0, 0.05) is 37.3 Å². The number of hydrogen-bond acceptors (Lipinski definition) is 4. The molecule has 2 aromatic carbocycles. The Kier molecular flexibility index (Phi) is 7.06. The van der Waals surface area contributed by atoms with Crippen LogP contribution in [0.5, 0.6) is 5.75 Å². The highest BCUT2D eigenvalue weighted by Crippen LogP contribution is 2.25. The van der Waals surface area contributed by atoms with Crippen LogP contribution < -0.4 is 15.5 Å². The Labute approximate surface area is 176 Å². The van der Waals surface area contributed by atoms with E-state index in [9.17, 15) is 19.5 Å². The molecule has 0 aromatic heterocycles. The van der Waals surface area contributed by atoms with Gasteiger partial charge in [-0.2, -0.15) is 0 Å². The van der Waals surface area contributed by atoms with Crippen molar-refractivity contribution < 1.29 is 19.5 Å². The lowest BCUT2D eigenvalue weighted by molar-refractivity contribution is -0.126.